The van der Waals surface area contributed by atoms with Crippen LogP contribution >= 0.6 is 0 Å². The molecule has 0 aromatic heterocycles. The molecule has 0 aliphatic heterocycles. The second-order valence-corrected chi connectivity index (χ2v) is 2.43. The van der Waals surface area contributed by atoms with Crippen LogP contribution in [0, 0.1) is 0 Å². The van der Waals surface area contributed by atoms with Crippen LogP contribution in [0.1, 0.15) is 19.8 Å². The predicted octanol–water partition coefficient (Wildman–Crippen LogP) is -0.283. The van der Waals surface area contributed by atoms with E-state index in [4.69, 9.17) is 20.4 Å². The summed E-state index contributed by atoms with van der Waals surface area (Å²) < 4.78 is 0. The molecule has 0 radical (unpaired) electrons. The molecule has 0 bridgehead atoms. The Kier molecular flexibility index (Phi) is 10.3. The molecule has 0 atom stereocenters. The summed E-state index contributed by atoms with van der Waals surface area (Å²) in [6, 6.07) is 0. The van der Waals surface area contributed by atoms with E-state index in [-0.39, 0.29) is 18.6 Å². The SMILES string of the molecule is C=C(C)C(=O)O.OCCCC(O)O. The lowest BCUT2D eigenvalue weighted by Crippen LogP contribution is -2.03. The number of rotatable bonds is 4. The van der Waals surface area contributed by atoms with Gasteiger partial charge in [-0.2, -0.15) is 0 Å². The van der Waals surface area contributed by atoms with Gasteiger partial charge in [-0.25, -0.2) is 4.79 Å². The highest BCUT2D eigenvalue weighted by atomic mass is 16.5. The van der Waals surface area contributed by atoms with Gasteiger partial charge < -0.3 is 20.4 Å². The minimum absolute atomic E-state index is 0.0254. The first kappa shape index (κ1) is 14.6. The number of aliphatic hydroxyl groups excluding tert-OH is 2. The van der Waals surface area contributed by atoms with Crippen molar-refractivity contribution in [1.82, 2.24) is 0 Å². The first-order chi connectivity index (χ1) is 5.91. The van der Waals surface area contributed by atoms with E-state index in [2.05, 4.69) is 6.58 Å². The van der Waals surface area contributed by atoms with E-state index in [1.165, 1.54) is 6.92 Å². The van der Waals surface area contributed by atoms with Crippen LogP contribution in [0.15, 0.2) is 12.2 Å². The molecule has 4 N–H and O–H groups in total. The lowest BCUT2D eigenvalue weighted by molar-refractivity contribution is -0.132. The van der Waals surface area contributed by atoms with Gasteiger partial charge in [-0.3, -0.25) is 0 Å². The fraction of sp³-hybridized carbons (Fsp3) is 0.625. The molecule has 5 heteroatoms. The van der Waals surface area contributed by atoms with Crippen LogP contribution < -0.4 is 0 Å². The molecule has 0 aromatic rings. The van der Waals surface area contributed by atoms with Crippen molar-refractivity contribution in [2.24, 2.45) is 0 Å². The second-order valence-electron chi connectivity index (χ2n) is 2.43. The standard InChI is InChI=1S/C4H10O3.C4H6O2/c5-3-1-2-4(6)7;1-3(2)4(5)6/h4-7H,1-3H2;1H2,2H3,(H,5,6). The van der Waals surface area contributed by atoms with Crippen LogP contribution in [0.25, 0.3) is 0 Å². The van der Waals surface area contributed by atoms with Crippen LogP contribution in [0.2, 0.25) is 0 Å². The highest BCUT2D eigenvalue weighted by molar-refractivity contribution is 5.84. The summed E-state index contributed by atoms with van der Waals surface area (Å²) in [5, 5.41) is 32.2. The molecule has 0 amide bonds. The third-order valence-corrected chi connectivity index (χ3v) is 0.986. The van der Waals surface area contributed by atoms with Gasteiger partial charge >= 0.3 is 5.97 Å². The molecule has 5 nitrogen and oxygen atoms in total. The van der Waals surface area contributed by atoms with Gasteiger partial charge in [-0.1, -0.05) is 6.58 Å². The molecule has 0 rings (SSSR count). The highest BCUT2D eigenvalue weighted by Gasteiger charge is 1.92. The second kappa shape index (κ2) is 9.18. The zero-order valence-electron chi connectivity index (χ0n) is 7.60. The summed E-state index contributed by atoms with van der Waals surface area (Å²) in [6.07, 6.45) is -0.541. The van der Waals surface area contributed by atoms with E-state index >= 15 is 0 Å². The van der Waals surface area contributed by atoms with Crippen molar-refractivity contribution in [1.29, 1.82) is 0 Å². The van der Waals surface area contributed by atoms with Crippen molar-refractivity contribution in [3.8, 4) is 0 Å². The number of carbonyl (C=O) groups is 1. The molecule has 0 spiro atoms. The third kappa shape index (κ3) is 18.2. The number of aliphatic hydroxyl groups is 3. The van der Waals surface area contributed by atoms with E-state index in [1.807, 2.05) is 0 Å². The first-order valence-corrected chi connectivity index (χ1v) is 3.77. The van der Waals surface area contributed by atoms with Crippen molar-refractivity contribution in [3.63, 3.8) is 0 Å². The molecule has 0 aliphatic carbocycles. The van der Waals surface area contributed by atoms with Gasteiger partial charge in [0, 0.05) is 18.6 Å². The minimum Gasteiger partial charge on any atom is -0.478 e. The molecular formula is C8H16O5. The molecule has 0 aliphatic rings. The lowest BCUT2D eigenvalue weighted by atomic mass is 10.3. The van der Waals surface area contributed by atoms with Gasteiger partial charge in [0.2, 0.25) is 0 Å². The minimum atomic E-state index is -1.26. The summed E-state index contributed by atoms with van der Waals surface area (Å²) in [6.45, 7) is 4.63. The number of hydrogen-bond donors (Lipinski definition) is 4. The van der Waals surface area contributed by atoms with Crippen LogP contribution in [0.5, 0.6) is 0 Å². The van der Waals surface area contributed by atoms with E-state index < -0.39 is 12.3 Å². The fourth-order valence-electron chi connectivity index (χ4n) is 0.274. The number of carboxylic acid groups (broad SMARTS) is 1. The molecule has 0 saturated carbocycles. The Morgan fingerprint density at radius 3 is 1.92 bits per heavy atom. The molecule has 0 heterocycles. The molecular weight excluding hydrogens is 176 g/mol. The molecule has 0 unspecified atom stereocenters. The van der Waals surface area contributed by atoms with Gasteiger partial charge in [0.25, 0.3) is 0 Å². The molecule has 13 heavy (non-hydrogen) atoms. The Morgan fingerprint density at radius 1 is 1.46 bits per heavy atom. The average Bonchev–Trinajstić information content (AvgIpc) is 2.01. The van der Waals surface area contributed by atoms with Crippen molar-refractivity contribution < 1.29 is 25.2 Å². The quantitative estimate of drug-likeness (QED) is 0.362. The maximum atomic E-state index is 9.60. The van der Waals surface area contributed by atoms with Crippen LogP contribution in [-0.4, -0.2) is 39.3 Å². The normalized spacial score (nSPS) is 9.00. The van der Waals surface area contributed by atoms with Crippen molar-refractivity contribution >= 4 is 5.97 Å². The molecule has 78 valence electrons. The largest absolute Gasteiger partial charge is 0.478 e. The van der Waals surface area contributed by atoms with Crippen molar-refractivity contribution in [2.75, 3.05) is 6.61 Å². The summed E-state index contributed by atoms with van der Waals surface area (Å²) in [5.41, 5.74) is 0.176. The Morgan fingerprint density at radius 2 is 1.85 bits per heavy atom. The Labute approximate surface area is 76.9 Å². The zero-order valence-corrected chi connectivity index (χ0v) is 7.60. The summed E-state index contributed by atoms with van der Waals surface area (Å²) >= 11 is 0. The van der Waals surface area contributed by atoms with Gasteiger partial charge in [0.15, 0.2) is 6.29 Å². The van der Waals surface area contributed by atoms with Gasteiger partial charge in [-0.15, -0.1) is 0 Å². The van der Waals surface area contributed by atoms with E-state index in [0.29, 0.717) is 6.42 Å². The Balaban J connectivity index is 0. The van der Waals surface area contributed by atoms with Gasteiger partial charge in [-0.05, 0) is 13.3 Å². The summed E-state index contributed by atoms with van der Waals surface area (Å²) in [5.74, 6) is -0.935. The van der Waals surface area contributed by atoms with E-state index in [9.17, 15) is 4.79 Å². The van der Waals surface area contributed by atoms with Crippen molar-refractivity contribution in [3.05, 3.63) is 12.2 Å². The molecule has 0 fully saturated rings. The third-order valence-electron chi connectivity index (χ3n) is 0.986. The fourth-order valence-corrected chi connectivity index (χ4v) is 0.274. The van der Waals surface area contributed by atoms with Crippen LogP contribution in [0.4, 0.5) is 0 Å². The smallest absolute Gasteiger partial charge is 0.330 e. The first-order valence-electron chi connectivity index (χ1n) is 3.77. The van der Waals surface area contributed by atoms with Crippen molar-refractivity contribution in [2.45, 2.75) is 26.1 Å². The maximum absolute atomic E-state index is 9.60. The Bertz CT molecular complexity index is 141. The highest BCUT2D eigenvalue weighted by Crippen LogP contribution is 1.89. The van der Waals surface area contributed by atoms with E-state index in [0.717, 1.165) is 0 Å². The number of carboxylic acids is 1. The maximum Gasteiger partial charge on any atom is 0.330 e. The van der Waals surface area contributed by atoms with E-state index in [1.54, 1.807) is 0 Å². The summed E-state index contributed by atoms with van der Waals surface area (Å²) in [4.78, 5) is 9.60. The Hall–Kier alpha value is -0.910. The predicted molar refractivity (Wildman–Crippen MR) is 47.0 cm³/mol. The van der Waals surface area contributed by atoms with Gasteiger partial charge in [0.1, 0.15) is 0 Å². The topological polar surface area (TPSA) is 98.0 Å². The lowest BCUT2D eigenvalue weighted by Gasteiger charge is -1.97. The van der Waals surface area contributed by atoms with Crippen LogP contribution in [0.3, 0.4) is 0 Å². The van der Waals surface area contributed by atoms with Crippen LogP contribution in [-0.2, 0) is 4.79 Å². The van der Waals surface area contributed by atoms with Gasteiger partial charge in [0.05, 0.1) is 0 Å². The number of hydrogen-bond acceptors (Lipinski definition) is 4. The zero-order chi connectivity index (χ0) is 10.9. The monoisotopic (exact) mass is 192 g/mol. The molecule has 0 saturated heterocycles. The number of aliphatic carboxylic acids is 1. The molecule has 0 aromatic carbocycles. The average molecular weight is 192 g/mol. The summed E-state index contributed by atoms with van der Waals surface area (Å²) in [7, 11) is 0.